The first-order valence-electron chi connectivity index (χ1n) is 16.9. The molecule has 0 amide bonds. The van der Waals surface area contributed by atoms with Gasteiger partial charge in [0.25, 0.3) is 0 Å². The smallest absolute Gasteiger partial charge is 0.0787 e. The van der Waals surface area contributed by atoms with E-state index < -0.39 is 0 Å². The summed E-state index contributed by atoms with van der Waals surface area (Å²) in [6.07, 6.45) is 3.80. The normalized spacial score (nSPS) is 11.6. The lowest BCUT2D eigenvalue weighted by Gasteiger charge is -2.26. The predicted molar refractivity (Wildman–Crippen MR) is 211 cm³/mol. The highest BCUT2D eigenvalue weighted by Gasteiger charge is 2.18. The third-order valence-electron chi connectivity index (χ3n) is 9.82. The van der Waals surface area contributed by atoms with Gasteiger partial charge in [0.15, 0.2) is 0 Å². The summed E-state index contributed by atoms with van der Waals surface area (Å²) in [5.74, 6) is 0. The van der Waals surface area contributed by atoms with E-state index in [1.807, 2.05) is 42.7 Å². The number of anilines is 5. The van der Waals surface area contributed by atoms with Crippen molar-refractivity contribution in [3.63, 3.8) is 0 Å². The van der Waals surface area contributed by atoms with E-state index in [-0.39, 0.29) is 0 Å². The standard InChI is InChI=1S/C46H30N4/c1-4-12-30(13-5-1)49-31-20-22-35-39-28-42-38-19-11-25-48-46(38)44-27-34(50(32-14-6-2-7-15-32)33-16-8-3-9-17-33)21-23-36(44)40(42)29-41(39)37-18-10-24-47-45(37)43(35)26-31/h1-29,49H. The molecule has 8 aromatic carbocycles. The SMILES string of the molecule is c1ccc(Nc2ccc3c4cc5c(cc4c4cccnc4c3c2)c2ccc(N(c3ccccc3)c3ccccc3)cc2c2ncccc52)cc1. The minimum Gasteiger partial charge on any atom is -0.356 e. The summed E-state index contributed by atoms with van der Waals surface area (Å²) in [7, 11) is 0. The van der Waals surface area contributed by atoms with Crippen LogP contribution in [0.25, 0.3) is 64.9 Å². The van der Waals surface area contributed by atoms with Crippen LogP contribution in [0.4, 0.5) is 28.4 Å². The number of hydrogen-bond acceptors (Lipinski definition) is 4. The van der Waals surface area contributed by atoms with Crippen LogP contribution in [0.1, 0.15) is 0 Å². The molecule has 0 radical (unpaired) electrons. The van der Waals surface area contributed by atoms with Crippen LogP contribution in [-0.2, 0) is 0 Å². The summed E-state index contributed by atoms with van der Waals surface area (Å²) in [6, 6.07) is 58.1. The van der Waals surface area contributed by atoms with E-state index in [1.165, 1.54) is 32.3 Å². The monoisotopic (exact) mass is 638 g/mol. The van der Waals surface area contributed by atoms with E-state index >= 15 is 0 Å². The van der Waals surface area contributed by atoms with Crippen LogP contribution < -0.4 is 10.2 Å². The van der Waals surface area contributed by atoms with Crippen molar-refractivity contribution in [2.24, 2.45) is 0 Å². The molecule has 0 aliphatic rings. The van der Waals surface area contributed by atoms with Crippen molar-refractivity contribution < 1.29 is 0 Å². The first-order chi connectivity index (χ1) is 24.8. The molecule has 0 aliphatic carbocycles. The van der Waals surface area contributed by atoms with Crippen molar-refractivity contribution in [2.75, 3.05) is 10.2 Å². The Labute approximate surface area is 288 Å². The fourth-order valence-electron chi connectivity index (χ4n) is 7.61. The molecule has 1 N–H and O–H groups in total. The van der Waals surface area contributed by atoms with Crippen molar-refractivity contribution >= 4 is 93.3 Å². The number of aromatic nitrogens is 2. The number of pyridine rings is 2. The molecule has 0 spiro atoms. The van der Waals surface area contributed by atoms with Gasteiger partial charge < -0.3 is 10.2 Å². The van der Waals surface area contributed by atoms with Crippen molar-refractivity contribution in [2.45, 2.75) is 0 Å². The maximum absolute atomic E-state index is 5.01. The fourth-order valence-corrected chi connectivity index (χ4v) is 7.61. The van der Waals surface area contributed by atoms with Crippen molar-refractivity contribution in [1.29, 1.82) is 0 Å². The molecule has 10 aromatic rings. The molecule has 0 atom stereocenters. The molecule has 2 aromatic heterocycles. The van der Waals surface area contributed by atoms with Gasteiger partial charge in [0.1, 0.15) is 0 Å². The predicted octanol–water partition coefficient (Wildman–Crippen LogP) is 12.6. The van der Waals surface area contributed by atoms with E-state index in [2.05, 4.69) is 144 Å². The lowest BCUT2D eigenvalue weighted by Crippen LogP contribution is -2.09. The average Bonchev–Trinajstić information content (AvgIpc) is 3.19. The van der Waals surface area contributed by atoms with Crippen LogP contribution >= 0.6 is 0 Å². The first kappa shape index (κ1) is 28.3. The quantitative estimate of drug-likeness (QED) is 0.150. The van der Waals surface area contributed by atoms with Gasteiger partial charge in [-0.05, 0) is 117 Å². The van der Waals surface area contributed by atoms with Crippen molar-refractivity contribution in [1.82, 2.24) is 9.97 Å². The molecule has 0 bridgehead atoms. The van der Waals surface area contributed by atoms with Crippen LogP contribution in [0.15, 0.2) is 176 Å². The molecular weight excluding hydrogens is 609 g/mol. The van der Waals surface area contributed by atoms with E-state index in [1.54, 1.807) is 0 Å². The highest BCUT2D eigenvalue weighted by atomic mass is 15.1. The molecule has 0 saturated heterocycles. The molecule has 4 heteroatoms. The number of rotatable bonds is 5. The Kier molecular flexibility index (Phi) is 6.46. The lowest BCUT2D eigenvalue weighted by atomic mass is 9.90. The van der Waals surface area contributed by atoms with Gasteiger partial charge in [-0.3, -0.25) is 9.97 Å². The molecule has 0 saturated carbocycles. The Bertz CT molecular complexity index is 2850. The van der Waals surface area contributed by atoms with Gasteiger partial charge >= 0.3 is 0 Å². The first-order valence-corrected chi connectivity index (χ1v) is 16.9. The highest BCUT2D eigenvalue weighted by molar-refractivity contribution is 6.32. The third kappa shape index (κ3) is 4.54. The summed E-state index contributed by atoms with van der Waals surface area (Å²) >= 11 is 0. The zero-order chi connectivity index (χ0) is 33.0. The van der Waals surface area contributed by atoms with Gasteiger partial charge in [-0.15, -0.1) is 0 Å². The number of nitrogens with zero attached hydrogens (tertiary/aromatic N) is 3. The maximum atomic E-state index is 5.01. The molecule has 4 nitrogen and oxygen atoms in total. The summed E-state index contributed by atoms with van der Waals surface area (Å²) in [5, 5.41) is 15.3. The third-order valence-corrected chi connectivity index (χ3v) is 9.82. The van der Waals surface area contributed by atoms with Crippen LogP contribution in [0.3, 0.4) is 0 Å². The Morgan fingerprint density at radius 1 is 0.320 bits per heavy atom. The zero-order valence-electron chi connectivity index (χ0n) is 27.1. The minimum absolute atomic E-state index is 0.999. The van der Waals surface area contributed by atoms with Crippen molar-refractivity contribution in [3.8, 4) is 0 Å². The van der Waals surface area contributed by atoms with Gasteiger partial charge in [-0.25, -0.2) is 0 Å². The van der Waals surface area contributed by atoms with Crippen LogP contribution in [0.2, 0.25) is 0 Å². The summed E-state index contributed by atoms with van der Waals surface area (Å²) in [5.41, 5.74) is 7.39. The minimum atomic E-state index is 0.999. The fraction of sp³-hybridized carbons (Fsp3) is 0. The Balaban J connectivity index is 1.25. The topological polar surface area (TPSA) is 41.1 Å². The number of benzene rings is 8. The van der Waals surface area contributed by atoms with Gasteiger partial charge in [0.05, 0.1) is 11.0 Å². The summed E-state index contributed by atoms with van der Waals surface area (Å²) < 4.78 is 0. The number of fused-ring (bicyclic) bond motifs is 12. The van der Waals surface area contributed by atoms with E-state index in [4.69, 9.17) is 9.97 Å². The largest absolute Gasteiger partial charge is 0.356 e. The summed E-state index contributed by atoms with van der Waals surface area (Å²) in [6.45, 7) is 0. The molecule has 10 rings (SSSR count). The number of nitrogens with one attached hydrogen (secondary N) is 1. The second kappa shape index (κ2) is 11.4. The molecule has 0 unspecified atom stereocenters. The lowest BCUT2D eigenvalue weighted by molar-refractivity contribution is 1.29. The van der Waals surface area contributed by atoms with Crippen LogP contribution in [0.5, 0.6) is 0 Å². The molecule has 0 fully saturated rings. The van der Waals surface area contributed by atoms with E-state index in [0.717, 1.165) is 61.0 Å². The van der Waals surface area contributed by atoms with Gasteiger partial charge in [-0.2, -0.15) is 0 Å². The molecule has 50 heavy (non-hydrogen) atoms. The van der Waals surface area contributed by atoms with Gasteiger partial charge in [0.2, 0.25) is 0 Å². The molecular formula is C46H30N4. The Hall–Kier alpha value is -6.78. The highest BCUT2D eigenvalue weighted by Crippen LogP contribution is 2.44. The van der Waals surface area contributed by atoms with Gasteiger partial charge in [-0.1, -0.05) is 78.9 Å². The Morgan fingerprint density at radius 3 is 1.40 bits per heavy atom. The molecule has 2 heterocycles. The number of para-hydroxylation sites is 3. The average molecular weight is 639 g/mol. The van der Waals surface area contributed by atoms with Crippen LogP contribution in [-0.4, -0.2) is 9.97 Å². The Morgan fingerprint density at radius 2 is 0.820 bits per heavy atom. The van der Waals surface area contributed by atoms with E-state index in [0.29, 0.717) is 0 Å². The second-order valence-corrected chi connectivity index (χ2v) is 12.7. The zero-order valence-corrected chi connectivity index (χ0v) is 27.1. The molecule has 234 valence electrons. The number of hydrogen-bond donors (Lipinski definition) is 1. The van der Waals surface area contributed by atoms with Crippen LogP contribution in [0, 0.1) is 0 Å². The van der Waals surface area contributed by atoms with Crippen molar-refractivity contribution in [3.05, 3.63) is 176 Å². The molecule has 0 aliphatic heterocycles. The van der Waals surface area contributed by atoms with Gasteiger partial charge in [0, 0.05) is 62.4 Å². The van der Waals surface area contributed by atoms with E-state index in [9.17, 15) is 0 Å². The summed E-state index contributed by atoms with van der Waals surface area (Å²) in [4.78, 5) is 12.3. The maximum Gasteiger partial charge on any atom is 0.0787 e. The second-order valence-electron chi connectivity index (χ2n) is 12.7.